The van der Waals surface area contributed by atoms with Crippen molar-refractivity contribution in [2.24, 2.45) is 0 Å². The molecular weight excluding hydrogens is 363 g/mol. The highest BCUT2D eigenvalue weighted by atomic mass is 32.2. The number of amides is 1. The lowest BCUT2D eigenvalue weighted by molar-refractivity contribution is -0.127. The zero-order valence-corrected chi connectivity index (χ0v) is 16.1. The zero-order chi connectivity index (χ0) is 19.2. The van der Waals surface area contributed by atoms with Gasteiger partial charge in [0.05, 0.1) is 5.75 Å². The normalized spacial score (nSPS) is 10.8. The first-order valence-corrected chi connectivity index (χ1v) is 9.67. The van der Waals surface area contributed by atoms with Gasteiger partial charge in [0.25, 0.3) is 0 Å². The van der Waals surface area contributed by atoms with Crippen LogP contribution in [0.3, 0.4) is 0 Å². The maximum atomic E-state index is 13.0. The van der Waals surface area contributed by atoms with E-state index in [0.29, 0.717) is 6.54 Å². The molecule has 0 unspecified atom stereocenters. The minimum Gasteiger partial charge on any atom is -0.341 e. The summed E-state index contributed by atoms with van der Waals surface area (Å²) in [5.41, 5.74) is 1.89. The quantitative estimate of drug-likeness (QED) is 0.581. The molecule has 1 amide bonds. The minimum absolute atomic E-state index is 0.0174. The van der Waals surface area contributed by atoms with E-state index in [2.05, 4.69) is 10.2 Å². The number of carbonyl (C=O) groups is 1. The van der Waals surface area contributed by atoms with Crippen LogP contribution in [0.5, 0.6) is 0 Å². The Morgan fingerprint density at radius 2 is 1.81 bits per heavy atom. The van der Waals surface area contributed by atoms with E-state index in [1.54, 1.807) is 24.1 Å². The lowest BCUT2D eigenvalue weighted by atomic mass is 10.2. The molecule has 0 saturated heterocycles. The van der Waals surface area contributed by atoms with Crippen molar-refractivity contribution in [2.75, 3.05) is 12.8 Å². The predicted octanol–water partition coefficient (Wildman–Crippen LogP) is 3.85. The SMILES string of the molecule is CCn1c(SCC(=O)N(C)Cc2ccc(F)cc2)nnc1-c1ccccc1. The fraction of sp³-hybridized carbons (Fsp3) is 0.250. The summed E-state index contributed by atoms with van der Waals surface area (Å²) >= 11 is 1.37. The van der Waals surface area contributed by atoms with Gasteiger partial charge in [0, 0.05) is 25.7 Å². The van der Waals surface area contributed by atoms with Crippen LogP contribution in [-0.2, 0) is 17.9 Å². The van der Waals surface area contributed by atoms with Gasteiger partial charge >= 0.3 is 0 Å². The van der Waals surface area contributed by atoms with Crippen LogP contribution >= 0.6 is 11.8 Å². The molecule has 0 spiro atoms. The van der Waals surface area contributed by atoms with E-state index in [1.807, 2.05) is 41.8 Å². The Bertz CT molecular complexity index is 896. The van der Waals surface area contributed by atoms with Gasteiger partial charge in [-0.15, -0.1) is 10.2 Å². The summed E-state index contributed by atoms with van der Waals surface area (Å²) in [5.74, 6) is 0.769. The van der Waals surface area contributed by atoms with Gasteiger partial charge in [-0.2, -0.15) is 0 Å². The van der Waals surface area contributed by atoms with Gasteiger partial charge < -0.3 is 9.47 Å². The van der Waals surface area contributed by atoms with Crippen LogP contribution in [0.15, 0.2) is 59.8 Å². The molecule has 0 saturated carbocycles. The van der Waals surface area contributed by atoms with Crippen LogP contribution in [0.4, 0.5) is 4.39 Å². The highest BCUT2D eigenvalue weighted by Crippen LogP contribution is 2.24. The smallest absolute Gasteiger partial charge is 0.233 e. The molecule has 0 bridgehead atoms. The predicted molar refractivity (Wildman–Crippen MR) is 105 cm³/mol. The molecule has 1 aromatic heterocycles. The van der Waals surface area contributed by atoms with E-state index >= 15 is 0 Å². The molecule has 0 N–H and O–H groups in total. The average Bonchev–Trinajstić information content (AvgIpc) is 3.11. The first-order valence-electron chi connectivity index (χ1n) is 8.68. The van der Waals surface area contributed by atoms with Gasteiger partial charge in [-0.25, -0.2) is 4.39 Å². The molecule has 0 aliphatic heterocycles. The topological polar surface area (TPSA) is 51.0 Å². The molecule has 3 aromatic rings. The van der Waals surface area contributed by atoms with E-state index in [0.717, 1.165) is 28.7 Å². The minimum atomic E-state index is -0.281. The van der Waals surface area contributed by atoms with Crippen LogP contribution in [0.25, 0.3) is 11.4 Å². The molecule has 0 aliphatic rings. The third-order valence-corrected chi connectivity index (χ3v) is 5.10. The van der Waals surface area contributed by atoms with Crippen molar-refractivity contribution in [3.63, 3.8) is 0 Å². The number of aromatic nitrogens is 3. The Morgan fingerprint density at radius 3 is 2.48 bits per heavy atom. The number of rotatable bonds is 7. The Balaban J connectivity index is 1.63. The second-order valence-corrected chi connectivity index (χ2v) is 7.02. The summed E-state index contributed by atoms with van der Waals surface area (Å²) < 4.78 is 15.0. The number of carbonyl (C=O) groups excluding carboxylic acids is 1. The molecule has 0 atom stereocenters. The van der Waals surface area contributed by atoms with Crippen molar-refractivity contribution >= 4 is 17.7 Å². The second-order valence-electron chi connectivity index (χ2n) is 6.08. The first kappa shape index (κ1) is 19.1. The molecule has 27 heavy (non-hydrogen) atoms. The average molecular weight is 384 g/mol. The summed E-state index contributed by atoms with van der Waals surface area (Å²) in [6.07, 6.45) is 0. The maximum absolute atomic E-state index is 13.0. The zero-order valence-electron chi connectivity index (χ0n) is 15.3. The van der Waals surface area contributed by atoms with Gasteiger partial charge in [-0.05, 0) is 24.6 Å². The van der Waals surface area contributed by atoms with Gasteiger partial charge in [0.15, 0.2) is 11.0 Å². The van der Waals surface area contributed by atoms with E-state index in [4.69, 9.17) is 0 Å². The fourth-order valence-electron chi connectivity index (χ4n) is 2.67. The largest absolute Gasteiger partial charge is 0.341 e. The number of thioether (sulfide) groups is 1. The molecule has 140 valence electrons. The maximum Gasteiger partial charge on any atom is 0.233 e. The molecule has 0 aliphatic carbocycles. The van der Waals surface area contributed by atoms with E-state index < -0.39 is 0 Å². The molecule has 2 aromatic carbocycles. The summed E-state index contributed by atoms with van der Waals surface area (Å²) in [6, 6.07) is 16.0. The number of benzene rings is 2. The second kappa shape index (κ2) is 8.81. The van der Waals surface area contributed by atoms with Crippen LogP contribution in [0.1, 0.15) is 12.5 Å². The third kappa shape index (κ3) is 4.74. The van der Waals surface area contributed by atoms with Crippen LogP contribution < -0.4 is 0 Å². The standard InChI is InChI=1S/C20H21FN4OS/c1-3-25-19(16-7-5-4-6-8-16)22-23-20(25)27-14-18(26)24(2)13-15-9-11-17(21)12-10-15/h4-12H,3,13-14H2,1-2H3. The Labute approximate surface area is 162 Å². The highest BCUT2D eigenvalue weighted by molar-refractivity contribution is 7.99. The summed E-state index contributed by atoms with van der Waals surface area (Å²) in [6.45, 7) is 3.19. The van der Waals surface area contributed by atoms with Crippen molar-refractivity contribution < 1.29 is 9.18 Å². The fourth-order valence-corrected chi connectivity index (χ4v) is 3.61. The third-order valence-electron chi connectivity index (χ3n) is 4.15. The summed E-state index contributed by atoms with van der Waals surface area (Å²) in [5, 5.41) is 9.26. The van der Waals surface area contributed by atoms with Crippen LogP contribution in [0.2, 0.25) is 0 Å². The monoisotopic (exact) mass is 384 g/mol. The molecule has 0 radical (unpaired) electrons. The van der Waals surface area contributed by atoms with E-state index in [1.165, 1.54) is 23.9 Å². The Hall–Kier alpha value is -2.67. The summed E-state index contributed by atoms with van der Waals surface area (Å²) in [7, 11) is 1.74. The Kier molecular flexibility index (Phi) is 6.24. The number of nitrogens with zero attached hydrogens (tertiary/aromatic N) is 4. The van der Waals surface area contributed by atoms with E-state index in [-0.39, 0.29) is 17.5 Å². The Morgan fingerprint density at radius 1 is 1.11 bits per heavy atom. The van der Waals surface area contributed by atoms with Gasteiger partial charge in [-0.3, -0.25) is 4.79 Å². The molecule has 7 heteroatoms. The van der Waals surface area contributed by atoms with Crippen LogP contribution in [-0.4, -0.2) is 38.4 Å². The van der Waals surface area contributed by atoms with Crippen molar-refractivity contribution in [3.05, 3.63) is 66.0 Å². The van der Waals surface area contributed by atoms with Gasteiger partial charge in [0.2, 0.25) is 5.91 Å². The summed E-state index contributed by atoms with van der Waals surface area (Å²) in [4.78, 5) is 14.1. The first-order chi connectivity index (χ1) is 13.1. The lowest BCUT2D eigenvalue weighted by Gasteiger charge is -2.17. The van der Waals surface area contributed by atoms with E-state index in [9.17, 15) is 9.18 Å². The van der Waals surface area contributed by atoms with Crippen molar-refractivity contribution in [1.82, 2.24) is 19.7 Å². The number of hydrogen-bond donors (Lipinski definition) is 0. The van der Waals surface area contributed by atoms with Crippen molar-refractivity contribution in [1.29, 1.82) is 0 Å². The van der Waals surface area contributed by atoms with Crippen molar-refractivity contribution in [2.45, 2.75) is 25.2 Å². The molecule has 3 rings (SSSR count). The number of halogens is 1. The molecular formula is C20H21FN4OS. The van der Waals surface area contributed by atoms with Gasteiger partial charge in [-0.1, -0.05) is 54.2 Å². The molecule has 0 fully saturated rings. The lowest BCUT2D eigenvalue weighted by Crippen LogP contribution is -2.27. The van der Waals surface area contributed by atoms with Gasteiger partial charge in [0.1, 0.15) is 5.82 Å². The van der Waals surface area contributed by atoms with Crippen LogP contribution in [0, 0.1) is 5.82 Å². The number of hydrogen-bond acceptors (Lipinski definition) is 4. The molecule has 5 nitrogen and oxygen atoms in total. The highest BCUT2D eigenvalue weighted by Gasteiger charge is 2.16. The molecule has 1 heterocycles. The van der Waals surface area contributed by atoms with Crippen molar-refractivity contribution in [3.8, 4) is 11.4 Å².